The van der Waals surface area contributed by atoms with Crippen molar-refractivity contribution >= 4 is 11.8 Å². The number of phenolic OH excluding ortho intramolecular Hbond substituents is 1. The molecule has 0 aliphatic carbocycles. The predicted octanol–water partition coefficient (Wildman–Crippen LogP) is 3.05. The lowest BCUT2D eigenvalue weighted by Gasteiger charge is -2.41. The fourth-order valence-corrected chi connectivity index (χ4v) is 5.51. The smallest absolute Gasteiger partial charge is 0.254 e. The van der Waals surface area contributed by atoms with E-state index in [1.54, 1.807) is 18.2 Å². The quantitative estimate of drug-likeness (QED) is 0.825. The Morgan fingerprint density at radius 1 is 1.24 bits per heavy atom. The molecule has 3 heterocycles. The molecule has 1 N–H and O–H groups in total. The molecular weight excluding hydrogens is 368 g/mol. The summed E-state index contributed by atoms with van der Waals surface area (Å²) in [6, 6.07) is 6.60. The summed E-state index contributed by atoms with van der Waals surface area (Å²) in [6.45, 7) is 6.84. The Balaban J connectivity index is 1.64. The second kappa shape index (κ2) is 7.98. The van der Waals surface area contributed by atoms with E-state index < -0.39 is 5.41 Å². The second-order valence-corrected chi connectivity index (χ2v) is 9.21. The number of aromatic hydroxyl groups is 1. The average Bonchev–Trinajstić information content (AvgIpc) is 3.28. The van der Waals surface area contributed by atoms with Crippen LogP contribution in [0.25, 0.3) is 0 Å². The molecule has 29 heavy (non-hydrogen) atoms. The SMILES string of the molecule is CC(C)CC[C@]1(C(=O)N2CCOCC2)C[C@H]2CC[C@@H]1N2C(=O)c1cccc(O)c1. The summed E-state index contributed by atoms with van der Waals surface area (Å²) in [5.41, 5.74) is 0.0113. The first-order chi connectivity index (χ1) is 13.9. The number of amides is 2. The molecule has 1 aromatic carbocycles. The van der Waals surface area contributed by atoms with Crippen molar-refractivity contribution < 1.29 is 19.4 Å². The zero-order chi connectivity index (χ0) is 20.6. The van der Waals surface area contributed by atoms with Gasteiger partial charge in [0, 0.05) is 30.7 Å². The number of hydrogen-bond acceptors (Lipinski definition) is 4. The maximum absolute atomic E-state index is 13.8. The molecule has 0 saturated carbocycles. The number of carbonyl (C=O) groups excluding carboxylic acids is 2. The van der Waals surface area contributed by atoms with Crippen LogP contribution in [0.2, 0.25) is 0 Å². The lowest BCUT2D eigenvalue weighted by atomic mass is 9.69. The van der Waals surface area contributed by atoms with Crippen molar-refractivity contribution in [3.63, 3.8) is 0 Å². The van der Waals surface area contributed by atoms with Crippen LogP contribution in [0.15, 0.2) is 24.3 Å². The van der Waals surface area contributed by atoms with Gasteiger partial charge in [-0.05, 0) is 56.2 Å². The van der Waals surface area contributed by atoms with Crippen LogP contribution in [-0.2, 0) is 9.53 Å². The van der Waals surface area contributed by atoms with Crippen LogP contribution < -0.4 is 0 Å². The third-order valence-corrected chi connectivity index (χ3v) is 6.96. The molecule has 0 unspecified atom stereocenters. The van der Waals surface area contributed by atoms with Crippen molar-refractivity contribution in [1.82, 2.24) is 9.80 Å². The Hall–Kier alpha value is -2.08. The summed E-state index contributed by atoms with van der Waals surface area (Å²) in [6.07, 6.45) is 4.39. The van der Waals surface area contributed by atoms with Crippen molar-refractivity contribution in [2.45, 2.75) is 58.0 Å². The number of morpholine rings is 1. The topological polar surface area (TPSA) is 70.1 Å². The largest absolute Gasteiger partial charge is 0.508 e. The van der Waals surface area contributed by atoms with Gasteiger partial charge in [0.15, 0.2) is 0 Å². The Kier molecular flexibility index (Phi) is 5.56. The van der Waals surface area contributed by atoms with Gasteiger partial charge in [-0.2, -0.15) is 0 Å². The molecular formula is C23H32N2O4. The van der Waals surface area contributed by atoms with Gasteiger partial charge in [0.1, 0.15) is 5.75 Å². The molecule has 3 fully saturated rings. The number of phenols is 1. The Bertz CT molecular complexity index is 774. The summed E-state index contributed by atoms with van der Waals surface area (Å²) >= 11 is 0. The first-order valence-electron chi connectivity index (χ1n) is 10.9. The molecule has 6 heteroatoms. The Morgan fingerprint density at radius 3 is 2.69 bits per heavy atom. The zero-order valence-electron chi connectivity index (χ0n) is 17.5. The van der Waals surface area contributed by atoms with Gasteiger partial charge in [0.25, 0.3) is 5.91 Å². The van der Waals surface area contributed by atoms with Crippen LogP contribution in [-0.4, -0.2) is 65.1 Å². The van der Waals surface area contributed by atoms with E-state index in [0.29, 0.717) is 37.8 Å². The van der Waals surface area contributed by atoms with Crippen molar-refractivity contribution in [1.29, 1.82) is 0 Å². The maximum Gasteiger partial charge on any atom is 0.254 e. The first-order valence-corrected chi connectivity index (χ1v) is 10.9. The number of fused-ring (bicyclic) bond motifs is 2. The van der Waals surface area contributed by atoms with Crippen LogP contribution in [0.5, 0.6) is 5.75 Å². The number of benzene rings is 1. The van der Waals surface area contributed by atoms with E-state index in [1.165, 1.54) is 6.07 Å². The molecule has 2 amide bonds. The van der Waals surface area contributed by atoms with Gasteiger partial charge < -0.3 is 19.6 Å². The minimum atomic E-state index is -0.489. The highest BCUT2D eigenvalue weighted by Gasteiger charge is 2.61. The van der Waals surface area contributed by atoms with E-state index >= 15 is 0 Å². The van der Waals surface area contributed by atoms with Gasteiger partial charge in [0.05, 0.1) is 18.6 Å². The number of nitrogens with zero attached hydrogens (tertiary/aromatic N) is 2. The summed E-state index contributed by atoms with van der Waals surface area (Å²) in [7, 11) is 0. The molecule has 158 valence electrons. The van der Waals surface area contributed by atoms with Crippen LogP contribution in [0.4, 0.5) is 0 Å². The average molecular weight is 401 g/mol. The van der Waals surface area contributed by atoms with Gasteiger partial charge in [-0.3, -0.25) is 9.59 Å². The molecule has 3 saturated heterocycles. The van der Waals surface area contributed by atoms with Crippen LogP contribution in [0.1, 0.15) is 56.3 Å². The second-order valence-electron chi connectivity index (χ2n) is 9.21. The highest BCUT2D eigenvalue weighted by molar-refractivity contribution is 5.97. The summed E-state index contributed by atoms with van der Waals surface area (Å²) in [5.74, 6) is 0.758. The van der Waals surface area contributed by atoms with Gasteiger partial charge in [0.2, 0.25) is 5.91 Å². The normalized spacial score (nSPS) is 28.9. The monoisotopic (exact) mass is 400 g/mol. The molecule has 3 atom stereocenters. The third kappa shape index (κ3) is 3.63. The summed E-state index contributed by atoms with van der Waals surface area (Å²) in [5, 5.41) is 9.82. The van der Waals surface area contributed by atoms with Crippen molar-refractivity contribution in [3.05, 3.63) is 29.8 Å². The number of carbonyl (C=O) groups is 2. The summed E-state index contributed by atoms with van der Waals surface area (Å²) < 4.78 is 5.45. The fourth-order valence-electron chi connectivity index (χ4n) is 5.51. The van der Waals surface area contributed by atoms with E-state index in [4.69, 9.17) is 4.74 Å². The Morgan fingerprint density at radius 2 is 2.00 bits per heavy atom. The molecule has 1 aromatic rings. The maximum atomic E-state index is 13.8. The minimum Gasteiger partial charge on any atom is -0.508 e. The van der Waals surface area contributed by atoms with Gasteiger partial charge in [-0.25, -0.2) is 0 Å². The van der Waals surface area contributed by atoms with E-state index in [-0.39, 0.29) is 29.6 Å². The van der Waals surface area contributed by atoms with Gasteiger partial charge >= 0.3 is 0 Å². The zero-order valence-corrected chi connectivity index (χ0v) is 17.5. The van der Waals surface area contributed by atoms with E-state index in [1.807, 2.05) is 9.80 Å². The van der Waals surface area contributed by atoms with Crippen LogP contribution >= 0.6 is 0 Å². The highest BCUT2D eigenvalue weighted by atomic mass is 16.5. The Labute approximate surface area is 172 Å². The number of rotatable bonds is 5. The molecule has 4 rings (SSSR count). The standard InChI is InChI=1S/C23H32N2O4/c1-16(2)8-9-23(22(28)24-10-12-29-13-11-24)15-18-6-7-20(23)25(18)21(27)17-4-3-5-19(26)14-17/h3-5,14,16,18,20,26H,6-13,15H2,1-2H3/t18-,20+,23+/m1/s1. The number of hydrogen-bond donors (Lipinski definition) is 1. The molecule has 3 aliphatic heterocycles. The van der Waals surface area contributed by atoms with Gasteiger partial charge in [-0.15, -0.1) is 0 Å². The highest BCUT2D eigenvalue weighted by Crippen LogP contribution is 2.54. The summed E-state index contributed by atoms with van der Waals surface area (Å²) in [4.78, 5) is 31.1. The molecule has 0 aromatic heterocycles. The van der Waals surface area contributed by atoms with E-state index in [2.05, 4.69) is 13.8 Å². The van der Waals surface area contributed by atoms with E-state index in [9.17, 15) is 14.7 Å². The molecule has 2 bridgehead atoms. The number of ether oxygens (including phenoxy) is 1. The van der Waals surface area contributed by atoms with Crippen molar-refractivity contribution in [2.24, 2.45) is 11.3 Å². The lowest BCUT2D eigenvalue weighted by molar-refractivity contribution is -0.149. The molecule has 3 aliphatic rings. The van der Waals surface area contributed by atoms with Crippen molar-refractivity contribution in [2.75, 3.05) is 26.3 Å². The molecule has 0 radical (unpaired) electrons. The predicted molar refractivity (Wildman–Crippen MR) is 110 cm³/mol. The molecule has 6 nitrogen and oxygen atoms in total. The van der Waals surface area contributed by atoms with Gasteiger partial charge in [-0.1, -0.05) is 19.9 Å². The van der Waals surface area contributed by atoms with Crippen LogP contribution in [0.3, 0.4) is 0 Å². The van der Waals surface area contributed by atoms with E-state index in [0.717, 1.165) is 32.1 Å². The third-order valence-electron chi connectivity index (χ3n) is 6.96. The molecule has 0 spiro atoms. The lowest BCUT2D eigenvalue weighted by Crippen LogP contribution is -2.54. The van der Waals surface area contributed by atoms with Crippen molar-refractivity contribution in [3.8, 4) is 5.75 Å². The van der Waals surface area contributed by atoms with Crippen LogP contribution in [0, 0.1) is 11.3 Å². The first kappa shape index (κ1) is 20.2. The minimum absolute atomic E-state index is 0.0588. The fraction of sp³-hybridized carbons (Fsp3) is 0.652.